The minimum absolute atomic E-state index is 0.0929. The molecule has 0 bridgehead atoms. The summed E-state index contributed by atoms with van der Waals surface area (Å²) in [5.74, 6) is 1.08. The van der Waals surface area contributed by atoms with Gasteiger partial charge in [0.05, 0.1) is 50.5 Å². The maximum atomic E-state index is 13.0. The van der Waals surface area contributed by atoms with Gasteiger partial charge in [-0.1, -0.05) is 18.2 Å². The molecule has 1 fully saturated rings. The summed E-state index contributed by atoms with van der Waals surface area (Å²) in [6.45, 7) is 9.82. The fourth-order valence-corrected chi connectivity index (χ4v) is 3.83. The number of ether oxygens (including phenoxy) is 3. The Morgan fingerprint density at radius 2 is 1.79 bits per heavy atom. The predicted octanol–water partition coefficient (Wildman–Crippen LogP) is 3.15. The number of rotatable bonds is 11. The third-order valence-electron chi connectivity index (χ3n) is 5.23. The molecule has 2 N–H and O–H groups in total. The van der Waals surface area contributed by atoms with Crippen molar-refractivity contribution in [2.24, 2.45) is 0 Å². The van der Waals surface area contributed by atoms with E-state index in [1.807, 2.05) is 61.2 Å². The van der Waals surface area contributed by atoms with E-state index in [-0.39, 0.29) is 12.5 Å². The number of hydrogen-bond acceptors (Lipinski definition) is 7. The monoisotopic (exact) mass is 457 g/mol. The minimum atomic E-state index is -0.575. The molecule has 2 aromatic carbocycles. The molecule has 33 heavy (non-hydrogen) atoms. The van der Waals surface area contributed by atoms with E-state index in [2.05, 4.69) is 10.2 Å². The highest BCUT2D eigenvalue weighted by atomic mass is 16.5. The molecule has 1 atom stereocenters. The number of para-hydroxylation sites is 1. The molecular weight excluding hydrogens is 422 g/mol. The highest BCUT2D eigenvalue weighted by Crippen LogP contribution is 2.39. The summed E-state index contributed by atoms with van der Waals surface area (Å²) in [7, 11) is 0. The van der Waals surface area contributed by atoms with Gasteiger partial charge in [-0.05, 0) is 32.9 Å². The van der Waals surface area contributed by atoms with Gasteiger partial charge in [-0.15, -0.1) is 0 Å². The molecule has 0 radical (unpaired) electrons. The van der Waals surface area contributed by atoms with E-state index in [1.165, 1.54) is 0 Å². The van der Waals surface area contributed by atoms with Crippen LogP contribution in [0.4, 0.5) is 17.1 Å². The van der Waals surface area contributed by atoms with Crippen LogP contribution in [0.1, 0.15) is 20.8 Å². The van der Waals surface area contributed by atoms with Gasteiger partial charge in [-0.2, -0.15) is 0 Å². The van der Waals surface area contributed by atoms with Crippen LogP contribution in [0.3, 0.4) is 0 Å². The first-order valence-electron chi connectivity index (χ1n) is 11.6. The second-order valence-corrected chi connectivity index (χ2v) is 7.89. The first kappa shape index (κ1) is 24.7. The third-order valence-corrected chi connectivity index (χ3v) is 5.23. The van der Waals surface area contributed by atoms with Crippen LogP contribution in [-0.4, -0.2) is 69.7 Å². The van der Waals surface area contributed by atoms with Crippen molar-refractivity contribution >= 4 is 23.0 Å². The molecule has 1 aliphatic heterocycles. The van der Waals surface area contributed by atoms with Crippen LogP contribution < -0.4 is 24.6 Å². The molecule has 2 aromatic rings. The molecule has 1 unspecified atom stereocenters. The largest absolute Gasteiger partial charge is 0.492 e. The Morgan fingerprint density at radius 1 is 1.12 bits per heavy atom. The standard InChI is InChI=1S/C25H35N3O5/c1-4-32-23-16-22(27-11-13-31-14-12-27)24(33-5-2)15-21(23)26-25(30)18-28(17-19(3)29)20-9-7-6-8-10-20/h6-10,15-16,19,29H,4-5,11-14,17-18H2,1-3H3,(H,26,30). The average Bonchev–Trinajstić information content (AvgIpc) is 2.81. The molecule has 1 heterocycles. The van der Waals surface area contributed by atoms with Crippen LogP contribution in [0.15, 0.2) is 42.5 Å². The number of carbonyl (C=O) groups excluding carboxylic acids is 1. The van der Waals surface area contributed by atoms with Gasteiger partial charge >= 0.3 is 0 Å². The molecule has 0 saturated carbocycles. The highest BCUT2D eigenvalue weighted by Gasteiger charge is 2.21. The first-order valence-corrected chi connectivity index (χ1v) is 11.6. The Hall–Kier alpha value is -2.97. The number of hydrogen-bond donors (Lipinski definition) is 2. The maximum absolute atomic E-state index is 13.0. The normalized spacial score (nSPS) is 14.5. The summed E-state index contributed by atoms with van der Waals surface area (Å²) in [5, 5.41) is 12.9. The molecule has 0 aromatic heterocycles. The second kappa shape index (κ2) is 12.3. The van der Waals surface area contributed by atoms with Gasteiger partial charge in [-0.3, -0.25) is 4.79 Å². The zero-order chi connectivity index (χ0) is 23.6. The number of amides is 1. The van der Waals surface area contributed by atoms with E-state index >= 15 is 0 Å². The van der Waals surface area contributed by atoms with E-state index in [4.69, 9.17) is 14.2 Å². The molecule has 1 saturated heterocycles. The van der Waals surface area contributed by atoms with Crippen molar-refractivity contribution < 1.29 is 24.1 Å². The van der Waals surface area contributed by atoms with Crippen LogP contribution in [0.5, 0.6) is 11.5 Å². The fraction of sp³-hybridized carbons (Fsp3) is 0.480. The number of anilines is 3. The number of carbonyl (C=O) groups is 1. The Morgan fingerprint density at radius 3 is 2.42 bits per heavy atom. The molecule has 0 spiro atoms. The highest BCUT2D eigenvalue weighted by molar-refractivity contribution is 5.96. The van der Waals surface area contributed by atoms with E-state index in [9.17, 15) is 9.90 Å². The topological polar surface area (TPSA) is 83.5 Å². The molecule has 0 aliphatic carbocycles. The number of morpholine rings is 1. The van der Waals surface area contributed by atoms with Gasteiger partial charge in [0.1, 0.15) is 11.5 Å². The Kier molecular flexibility index (Phi) is 9.21. The maximum Gasteiger partial charge on any atom is 0.243 e. The predicted molar refractivity (Wildman–Crippen MR) is 131 cm³/mol. The lowest BCUT2D eigenvalue weighted by atomic mass is 10.2. The van der Waals surface area contributed by atoms with Gasteiger partial charge in [0.15, 0.2) is 0 Å². The van der Waals surface area contributed by atoms with Crippen LogP contribution in [0.25, 0.3) is 0 Å². The van der Waals surface area contributed by atoms with Crippen LogP contribution in [0, 0.1) is 0 Å². The molecule has 3 rings (SSSR count). The quantitative estimate of drug-likeness (QED) is 0.536. The Bertz CT molecular complexity index is 885. The first-order chi connectivity index (χ1) is 16.0. The van der Waals surface area contributed by atoms with Gasteiger partial charge in [-0.25, -0.2) is 0 Å². The van der Waals surface area contributed by atoms with Crippen molar-refractivity contribution in [3.05, 3.63) is 42.5 Å². The van der Waals surface area contributed by atoms with Crippen LogP contribution in [-0.2, 0) is 9.53 Å². The average molecular weight is 458 g/mol. The fourth-order valence-electron chi connectivity index (χ4n) is 3.83. The second-order valence-electron chi connectivity index (χ2n) is 7.89. The lowest BCUT2D eigenvalue weighted by molar-refractivity contribution is -0.115. The Labute approximate surface area is 196 Å². The molecule has 1 amide bonds. The van der Waals surface area contributed by atoms with Crippen molar-refractivity contribution in [1.29, 1.82) is 0 Å². The third kappa shape index (κ3) is 7.00. The zero-order valence-corrected chi connectivity index (χ0v) is 19.8. The van der Waals surface area contributed by atoms with Crippen molar-refractivity contribution in [3.8, 4) is 11.5 Å². The van der Waals surface area contributed by atoms with E-state index in [1.54, 1.807) is 6.92 Å². The van der Waals surface area contributed by atoms with E-state index in [0.717, 1.165) is 24.5 Å². The van der Waals surface area contributed by atoms with Crippen molar-refractivity contribution in [2.75, 3.05) is 67.7 Å². The number of benzene rings is 2. The number of nitrogens with zero attached hydrogens (tertiary/aromatic N) is 2. The Balaban J connectivity index is 1.84. The zero-order valence-electron chi connectivity index (χ0n) is 19.8. The molecular formula is C25H35N3O5. The molecule has 8 heteroatoms. The summed E-state index contributed by atoms with van der Waals surface area (Å²) < 4.78 is 17.3. The SMILES string of the molecule is CCOc1cc(N2CCOCC2)c(OCC)cc1NC(=O)CN(CC(C)O)c1ccccc1. The van der Waals surface area contributed by atoms with Crippen LogP contribution in [0.2, 0.25) is 0 Å². The number of aliphatic hydroxyl groups is 1. The van der Waals surface area contributed by atoms with Crippen LogP contribution >= 0.6 is 0 Å². The van der Waals surface area contributed by atoms with E-state index < -0.39 is 6.10 Å². The lowest BCUT2D eigenvalue weighted by Crippen LogP contribution is -2.38. The molecule has 180 valence electrons. The smallest absolute Gasteiger partial charge is 0.243 e. The lowest BCUT2D eigenvalue weighted by Gasteiger charge is -2.31. The number of nitrogens with one attached hydrogen (secondary N) is 1. The van der Waals surface area contributed by atoms with Crippen molar-refractivity contribution in [2.45, 2.75) is 26.9 Å². The summed E-state index contributed by atoms with van der Waals surface area (Å²) in [4.78, 5) is 17.1. The summed E-state index contributed by atoms with van der Waals surface area (Å²) in [6, 6.07) is 13.3. The van der Waals surface area contributed by atoms with Gasteiger partial charge in [0, 0.05) is 37.5 Å². The van der Waals surface area contributed by atoms with Gasteiger partial charge in [0.2, 0.25) is 5.91 Å². The molecule has 1 aliphatic rings. The summed E-state index contributed by atoms with van der Waals surface area (Å²) in [6.07, 6.45) is -0.575. The van der Waals surface area contributed by atoms with Crippen molar-refractivity contribution in [3.63, 3.8) is 0 Å². The van der Waals surface area contributed by atoms with Crippen molar-refractivity contribution in [1.82, 2.24) is 0 Å². The number of aliphatic hydroxyl groups excluding tert-OH is 1. The summed E-state index contributed by atoms with van der Waals surface area (Å²) in [5.41, 5.74) is 2.37. The molecule has 8 nitrogen and oxygen atoms in total. The minimum Gasteiger partial charge on any atom is -0.492 e. The van der Waals surface area contributed by atoms with Gasteiger partial charge < -0.3 is 34.4 Å². The summed E-state index contributed by atoms with van der Waals surface area (Å²) >= 11 is 0. The van der Waals surface area contributed by atoms with Gasteiger partial charge in [0.25, 0.3) is 0 Å². The van der Waals surface area contributed by atoms with E-state index in [0.29, 0.717) is 50.2 Å².